The summed E-state index contributed by atoms with van der Waals surface area (Å²) < 4.78 is 0. The Morgan fingerprint density at radius 2 is 2.33 bits per heavy atom. The predicted octanol–water partition coefficient (Wildman–Crippen LogP) is 1.67. The molecule has 0 saturated heterocycles. The third-order valence-corrected chi connectivity index (χ3v) is 2.29. The molecular formula is C9H10ClNO. The van der Waals surface area contributed by atoms with Gasteiger partial charge in [-0.15, -0.1) is 0 Å². The molecule has 2 N–H and O–H groups in total. The fourth-order valence-corrected chi connectivity index (χ4v) is 1.62. The Balaban J connectivity index is 2.37. The minimum Gasteiger partial charge on any atom is -0.391 e. The third kappa shape index (κ3) is 1.40. The number of aliphatic hydroxyl groups excluding tert-OH is 1. The van der Waals surface area contributed by atoms with Crippen molar-refractivity contribution in [1.29, 1.82) is 0 Å². The SMILES string of the molecule is O[C@@H]1CNc2cc(Cl)ccc2C1. The molecule has 3 heteroatoms. The standard InChI is InChI=1S/C9H10ClNO/c10-7-2-1-6-3-8(12)5-11-9(6)4-7/h1-2,4,8,11-12H,3,5H2/t8-/m0/s1. The molecule has 0 aromatic heterocycles. The van der Waals surface area contributed by atoms with Gasteiger partial charge in [0.2, 0.25) is 0 Å². The summed E-state index contributed by atoms with van der Waals surface area (Å²) in [5.74, 6) is 0. The van der Waals surface area contributed by atoms with Crippen molar-refractivity contribution in [3.63, 3.8) is 0 Å². The second kappa shape index (κ2) is 2.96. The molecule has 0 fully saturated rings. The highest BCUT2D eigenvalue weighted by Gasteiger charge is 2.15. The first-order chi connectivity index (χ1) is 5.75. The van der Waals surface area contributed by atoms with E-state index < -0.39 is 0 Å². The zero-order chi connectivity index (χ0) is 8.55. The van der Waals surface area contributed by atoms with Crippen molar-refractivity contribution < 1.29 is 5.11 Å². The molecule has 1 atom stereocenters. The molecule has 0 spiro atoms. The summed E-state index contributed by atoms with van der Waals surface area (Å²) in [5.41, 5.74) is 2.19. The van der Waals surface area contributed by atoms with Crippen LogP contribution in [0.25, 0.3) is 0 Å². The molecule has 0 aliphatic carbocycles. The molecule has 0 saturated carbocycles. The number of nitrogens with one attached hydrogen (secondary N) is 1. The van der Waals surface area contributed by atoms with Crippen LogP contribution in [0.1, 0.15) is 5.56 Å². The monoisotopic (exact) mass is 183 g/mol. The maximum Gasteiger partial charge on any atom is 0.0753 e. The molecule has 1 aromatic rings. The zero-order valence-electron chi connectivity index (χ0n) is 6.55. The van der Waals surface area contributed by atoms with E-state index in [1.165, 1.54) is 0 Å². The van der Waals surface area contributed by atoms with Crippen LogP contribution in [0.3, 0.4) is 0 Å². The fourth-order valence-electron chi connectivity index (χ4n) is 1.45. The van der Waals surface area contributed by atoms with Crippen LogP contribution in [0, 0.1) is 0 Å². The van der Waals surface area contributed by atoms with Crippen molar-refractivity contribution in [2.75, 3.05) is 11.9 Å². The summed E-state index contributed by atoms with van der Waals surface area (Å²) in [6, 6.07) is 5.69. The lowest BCUT2D eigenvalue weighted by Gasteiger charge is -2.22. The first-order valence-electron chi connectivity index (χ1n) is 3.96. The van der Waals surface area contributed by atoms with Gasteiger partial charge in [0.15, 0.2) is 0 Å². The smallest absolute Gasteiger partial charge is 0.0753 e. The van der Waals surface area contributed by atoms with Crippen LogP contribution < -0.4 is 5.32 Å². The quantitative estimate of drug-likeness (QED) is 0.642. The lowest BCUT2D eigenvalue weighted by Crippen LogP contribution is -2.27. The number of halogens is 1. The first-order valence-corrected chi connectivity index (χ1v) is 4.34. The van der Waals surface area contributed by atoms with Crippen LogP contribution in [0.4, 0.5) is 5.69 Å². The summed E-state index contributed by atoms with van der Waals surface area (Å²) in [7, 11) is 0. The molecule has 0 unspecified atom stereocenters. The van der Waals surface area contributed by atoms with E-state index in [1.807, 2.05) is 18.2 Å². The number of rotatable bonds is 0. The number of fused-ring (bicyclic) bond motifs is 1. The number of aliphatic hydroxyl groups is 1. The molecular weight excluding hydrogens is 174 g/mol. The zero-order valence-corrected chi connectivity index (χ0v) is 7.30. The normalized spacial score (nSPS) is 21.3. The molecule has 0 amide bonds. The van der Waals surface area contributed by atoms with Gasteiger partial charge in [0.1, 0.15) is 0 Å². The number of hydrogen-bond acceptors (Lipinski definition) is 2. The molecule has 1 heterocycles. The van der Waals surface area contributed by atoms with Crippen LogP contribution >= 0.6 is 11.6 Å². The Morgan fingerprint density at radius 1 is 1.50 bits per heavy atom. The lowest BCUT2D eigenvalue weighted by molar-refractivity contribution is 0.184. The average molecular weight is 184 g/mol. The van der Waals surface area contributed by atoms with Gasteiger partial charge in [0.05, 0.1) is 6.10 Å². The molecule has 64 valence electrons. The van der Waals surface area contributed by atoms with Crippen LogP contribution in [0.2, 0.25) is 5.02 Å². The third-order valence-electron chi connectivity index (χ3n) is 2.06. The van der Waals surface area contributed by atoms with Crippen molar-refractivity contribution in [3.8, 4) is 0 Å². The van der Waals surface area contributed by atoms with E-state index in [9.17, 15) is 5.11 Å². The predicted molar refractivity (Wildman–Crippen MR) is 49.7 cm³/mol. The topological polar surface area (TPSA) is 32.3 Å². The first kappa shape index (κ1) is 7.90. The molecule has 1 aromatic carbocycles. The van der Waals surface area contributed by atoms with Gasteiger partial charge in [-0.25, -0.2) is 0 Å². The van der Waals surface area contributed by atoms with Gasteiger partial charge in [-0.1, -0.05) is 17.7 Å². The molecule has 1 aliphatic rings. The van der Waals surface area contributed by atoms with E-state index >= 15 is 0 Å². The van der Waals surface area contributed by atoms with Crippen molar-refractivity contribution >= 4 is 17.3 Å². The van der Waals surface area contributed by atoms with Gasteiger partial charge >= 0.3 is 0 Å². The van der Waals surface area contributed by atoms with Gasteiger partial charge in [-0.3, -0.25) is 0 Å². The van der Waals surface area contributed by atoms with Crippen molar-refractivity contribution in [1.82, 2.24) is 0 Å². The average Bonchev–Trinajstić information content (AvgIpc) is 2.05. The van der Waals surface area contributed by atoms with E-state index in [0.717, 1.165) is 22.7 Å². The summed E-state index contributed by atoms with van der Waals surface area (Å²) >= 11 is 5.81. The van der Waals surface area contributed by atoms with E-state index in [-0.39, 0.29) is 6.10 Å². The number of β-amino-alcohol motifs (C(OH)–C–C–N with tert-alkyl or cyclic N) is 1. The van der Waals surface area contributed by atoms with Crippen molar-refractivity contribution in [3.05, 3.63) is 28.8 Å². The Hall–Kier alpha value is -0.730. The Kier molecular flexibility index (Phi) is 1.95. The van der Waals surface area contributed by atoms with Crippen LogP contribution in [-0.2, 0) is 6.42 Å². The number of hydrogen-bond donors (Lipinski definition) is 2. The van der Waals surface area contributed by atoms with Gasteiger partial charge in [0.25, 0.3) is 0 Å². The molecule has 0 radical (unpaired) electrons. The Bertz CT molecular complexity index is 301. The second-order valence-electron chi connectivity index (χ2n) is 3.04. The lowest BCUT2D eigenvalue weighted by atomic mass is 10.0. The summed E-state index contributed by atoms with van der Waals surface area (Å²) in [4.78, 5) is 0. The van der Waals surface area contributed by atoms with Crippen LogP contribution in [0.15, 0.2) is 18.2 Å². The highest BCUT2D eigenvalue weighted by Crippen LogP contribution is 2.25. The fraction of sp³-hybridized carbons (Fsp3) is 0.333. The maximum atomic E-state index is 9.33. The number of anilines is 1. The molecule has 2 rings (SSSR count). The molecule has 0 bridgehead atoms. The van der Waals surface area contributed by atoms with Gasteiger partial charge in [-0.2, -0.15) is 0 Å². The van der Waals surface area contributed by atoms with E-state index in [0.29, 0.717) is 6.54 Å². The highest BCUT2D eigenvalue weighted by atomic mass is 35.5. The van der Waals surface area contributed by atoms with E-state index in [2.05, 4.69) is 5.32 Å². The highest BCUT2D eigenvalue weighted by molar-refractivity contribution is 6.30. The Labute approximate surface area is 76.2 Å². The van der Waals surface area contributed by atoms with Gasteiger partial charge in [-0.05, 0) is 17.7 Å². The summed E-state index contributed by atoms with van der Waals surface area (Å²) in [5, 5.41) is 13.2. The van der Waals surface area contributed by atoms with Crippen LogP contribution in [0.5, 0.6) is 0 Å². The second-order valence-corrected chi connectivity index (χ2v) is 3.48. The van der Waals surface area contributed by atoms with Gasteiger partial charge in [0, 0.05) is 23.7 Å². The summed E-state index contributed by atoms with van der Waals surface area (Å²) in [6.07, 6.45) is 0.457. The number of benzene rings is 1. The minimum absolute atomic E-state index is 0.265. The minimum atomic E-state index is -0.265. The largest absolute Gasteiger partial charge is 0.391 e. The van der Waals surface area contributed by atoms with E-state index in [1.54, 1.807) is 0 Å². The molecule has 12 heavy (non-hydrogen) atoms. The maximum absolute atomic E-state index is 9.33. The molecule has 2 nitrogen and oxygen atoms in total. The Morgan fingerprint density at radius 3 is 3.17 bits per heavy atom. The molecule has 1 aliphatic heterocycles. The van der Waals surface area contributed by atoms with Gasteiger partial charge < -0.3 is 10.4 Å². The van der Waals surface area contributed by atoms with Crippen molar-refractivity contribution in [2.45, 2.75) is 12.5 Å². The van der Waals surface area contributed by atoms with Crippen molar-refractivity contribution in [2.24, 2.45) is 0 Å². The van der Waals surface area contributed by atoms with E-state index in [4.69, 9.17) is 11.6 Å². The summed E-state index contributed by atoms with van der Waals surface area (Å²) in [6.45, 7) is 0.618. The van der Waals surface area contributed by atoms with Crippen LogP contribution in [-0.4, -0.2) is 17.8 Å².